The van der Waals surface area contributed by atoms with E-state index in [1.165, 1.54) is 5.57 Å². The van der Waals surface area contributed by atoms with Crippen molar-refractivity contribution < 1.29 is 4.74 Å². The van der Waals surface area contributed by atoms with Crippen LogP contribution < -0.4 is 0 Å². The minimum Gasteiger partial charge on any atom is -0.379 e. The Hall–Kier alpha value is -0.300. The molecule has 0 aromatic carbocycles. The maximum absolute atomic E-state index is 5.40. The summed E-state index contributed by atoms with van der Waals surface area (Å²) in [4.78, 5) is 0. The van der Waals surface area contributed by atoms with E-state index in [1.54, 1.807) is 7.11 Å². The van der Waals surface area contributed by atoms with Crippen LogP contribution in [0.25, 0.3) is 0 Å². The fraction of sp³-hybridized carbons (Fsp3) is 0.833. The molecule has 1 nitrogen and oxygen atoms in total. The molecule has 0 aliphatic carbocycles. The summed E-state index contributed by atoms with van der Waals surface area (Å²) in [7, 11) is 1.77. The molecule has 0 saturated heterocycles. The Morgan fingerprint density at radius 3 is 2.08 bits per heavy atom. The molecule has 0 bridgehead atoms. The second kappa shape index (κ2) is 4.80. The van der Waals surface area contributed by atoms with Gasteiger partial charge in [0.1, 0.15) is 0 Å². The van der Waals surface area contributed by atoms with E-state index < -0.39 is 0 Å². The van der Waals surface area contributed by atoms with Crippen LogP contribution in [0, 0.1) is 11.8 Å². The van der Waals surface area contributed by atoms with Crippen molar-refractivity contribution in [2.45, 2.75) is 46.6 Å². The topological polar surface area (TPSA) is 9.23 Å². The van der Waals surface area contributed by atoms with Gasteiger partial charge in [-0.15, -0.1) is 0 Å². The molecule has 0 aromatic heterocycles. The number of hydrogen-bond acceptors (Lipinski definition) is 1. The highest BCUT2D eigenvalue weighted by Crippen LogP contribution is 2.27. The normalized spacial score (nSPS) is 14.7. The maximum Gasteiger partial charge on any atom is 0.0628 e. The monoisotopic (exact) mass is 184 g/mol. The van der Waals surface area contributed by atoms with Crippen LogP contribution in [0.5, 0.6) is 0 Å². The molecule has 0 N–H and O–H groups in total. The van der Waals surface area contributed by atoms with E-state index >= 15 is 0 Å². The van der Waals surface area contributed by atoms with Gasteiger partial charge in [-0.2, -0.15) is 0 Å². The first kappa shape index (κ1) is 12.7. The van der Waals surface area contributed by atoms with Gasteiger partial charge in [-0.1, -0.05) is 32.9 Å². The minimum absolute atomic E-state index is 0.0305. The molecule has 0 unspecified atom stereocenters. The van der Waals surface area contributed by atoms with Crippen LogP contribution >= 0.6 is 0 Å². The zero-order chi connectivity index (χ0) is 10.6. The smallest absolute Gasteiger partial charge is 0.0628 e. The predicted octanol–water partition coefficient (Wildman–Crippen LogP) is 3.65. The summed E-state index contributed by atoms with van der Waals surface area (Å²) in [5.41, 5.74) is 1.29. The zero-order valence-electron chi connectivity index (χ0n) is 9.98. The Morgan fingerprint density at radius 1 is 1.31 bits per heavy atom. The molecular formula is C12H24O. The summed E-state index contributed by atoms with van der Waals surface area (Å²) in [6.07, 6.45) is 1.04. The Bertz CT molecular complexity index is 168. The minimum atomic E-state index is -0.0305. The number of allylic oxidation sites excluding steroid dienone is 1. The van der Waals surface area contributed by atoms with Gasteiger partial charge in [0.15, 0.2) is 0 Å². The highest BCUT2D eigenvalue weighted by molar-refractivity contribution is 5.03. The number of ether oxygens (including phenoxy) is 1. The van der Waals surface area contributed by atoms with E-state index in [1.807, 2.05) is 0 Å². The van der Waals surface area contributed by atoms with Gasteiger partial charge in [-0.05, 0) is 32.1 Å². The fourth-order valence-electron chi connectivity index (χ4n) is 1.52. The quantitative estimate of drug-likeness (QED) is 0.593. The highest BCUT2D eigenvalue weighted by Gasteiger charge is 2.22. The lowest BCUT2D eigenvalue weighted by atomic mass is 9.85. The van der Waals surface area contributed by atoms with Crippen molar-refractivity contribution in [1.29, 1.82) is 0 Å². The molecule has 0 rings (SSSR count). The summed E-state index contributed by atoms with van der Waals surface area (Å²) in [6.45, 7) is 15.0. The molecule has 13 heavy (non-hydrogen) atoms. The van der Waals surface area contributed by atoms with E-state index in [4.69, 9.17) is 4.74 Å². The molecular weight excluding hydrogens is 160 g/mol. The SMILES string of the molecule is C=C(C(C)C)[C@@H](C)CC(C)(C)OC. The number of rotatable bonds is 5. The van der Waals surface area contributed by atoms with E-state index in [2.05, 4.69) is 41.2 Å². The molecule has 0 spiro atoms. The van der Waals surface area contributed by atoms with Crippen LogP contribution in [0.15, 0.2) is 12.2 Å². The van der Waals surface area contributed by atoms with Gasteiger partial charge in [0, 0.05) is 7.11 Å². The second-order valence-electron chi connectivity index (χ2n) is 4.80. The molecule has 1 heteroatoms. The third-order valence-electron chi connectivity index (χ3n) is 2.72. The first-order chi connectivity index (χ1) is 5.80. The van der Waals surface area contributed by atoms with Gasteiger partial charge in [0.2, 0.25) is 0 Å². The molecule has 0 aliphatic heterocycles. The average molecular weight is 184 g/mol. The lowest BCUT2D eigenvalue weighted by molar-refractivity contribution is 0.00663. The van der Waals surface area contributed by atoms with Gasteiger partial charge < -0.3 is 4.74 Å². The van der Waals surface area contributed by atoms with Crippen LogP contribution in [0.4, 0.5) is 0 Å². The van der Waals surface area contributed by atoms with Crippen LogP contribution in [-0.4, -0.2) is 12.7 Å². The Labute approximate surface area is 83.2 Å². The van der Waals surface area contributed by atoms with E-state index in [9.17, 15) is 0 Å². The lowest BCUT2D eigenvalue weighted by Gasteiger charge is -2.28. The van der Waals surface area contributed by atoms with Crippen molar-refractivity contribution in [3.8, 4) is 0 Å². The molecule has 0 fully saturated rings. The molecule has 0 radical (unpaired) electrons. The van der Waals surface area contributed by atoms with Crippen molar-refractivity contribution in [2.24, 2.45) is 11.8 Å². The van der Waals surface area contributed by atoms with Gasteiger partial charge in [-0.3, -0.25) is 0 Å². The molecule has 1 atom stereocenters. The maximum atomic E-state index is 5.40. The molecule has 78 valence electrons. The van der Waals surface area contributed by atoms with E-state index in [0.717, 1.165) is 6.42 Å². The summed E-state index contributed by atoms with van der Waals surface area (Å²) in [5, 5.41) is 0. The number of methoxy groups -OCH3 is 1. The third kappa shape index (κ3) is 4.47. The Kier molecular flexibility index (Phi) is 4.69. The first-order valence-electron chi connectivity index (χ1n) is 5.04. The van der Waals surface area contributed by atoms with Crippen molar-refractivity contribution >= 4 is 0 Å². The Morgan fingerprint density at radius 2 is 1.77 bits per heavy atom. The van der Waals surface area contributed by atoms with Crippen LogP contribution in [-0.2, 0) is 4.74 Å². The van der Waals surface area contributed by atoms with Crippen LogP contribution in [0.1, 0.15) is 41.0 Å². The van der Waals surface area contributed by atoms with Crippen LogP contribution in [0.2, 0.25) is 0 Å². The number of hydrogen-bond donors (Lipinski definition) is 0. The fourth-order valence-corrected chi connectivity index (χ4v) is 1.52. The lowest BCUT2D eigenvalue weighted by Crippen LogP contribution is -2.26. The Balaban J connectivity index is 4.15. The summed E-state index contributed by atoms with van der Waals surface area (Å²) in [5.74, 6) is 1.11. The predicted molar refractivity (Wildman–Crippen MR) is 58.8 cm³/mol. The standard InChI is InChI=1S/C12H24O/c1-9(2)11(4)10(3)8-12(5,6)13-7/h9-10H,4,8H2,1-3,5-7H3/t10-/m0/s1. The zero-order valence-corrected chi connectivity index (χ0v) is 9.98. The molecule has 0 saturated carbocycles. The third-order valence-corrected chi connectivity index (χ3v) is 2.72. The summed E-state index contributed by atoms with van der Waals surface area (Å²) in [6, 6.07) is 0. The van der Waals surface area contributed by atoms with Crippen molar-refractivity contribution in [2.75, 3.05) is 7.11 Å². The van der Waals surface area contributed by atoms with E-state index in [0.29, 0.717) is 11.8 Å². The van der Waals surface area contributed by atoms with Gasteiger partial charge in [-0.25, -0.2) is 0 Å². The molecule has 0 aliphatic rings. The van der Waals surface area contributed by atoms with Gasteiger partial charge >= 0.3 is 0 Å². The van der Waals surface area contributed by atoms with E-state index in [-0.39, 0.29) is 5.60 Å². The van der Waals surface area contributed by atoms with Crippen LogP contribution in [0.3, 0.4) is 0 Å². The van der Waals surface area contributed by atoms with Gasteiger partial charge in [0.25, 0.3) is 0 Å². The van der Waals surface area contributed by atoms with Crippen molar-refractivity contribution in [3.05, 3.63) is 12.2 Å². The molecule has 0 heterocycles. The highest BCUT2D eigenvalue weighted by atomic mass is 16.5. The first-order valence-corrected chi connectivity index (χ1v) is 5.04. The van der Waals surface area contributed by atoms with Gasteiger partial charge in [0.05, 0.1) is 5.60 Å². The second-order valence-corrected chi connectivity index (χ2v) is 4.80. The summed E-state index contributed by atoms with van der Waals surface area (Å²) >= 11 is 0. The molecule has 0 aromatic rings. The average Bonchev–Trinajstić information content (AvgIpc) is 2.02. The summed E-state index contributed by atoms with van der Waals surface area (Å²) < 4.78 is 5.40. The molecule has 0 amide bonds. The largest absolute Gasteiger partial charge is 0.379 e. The van der Waals surface area contributed by atoms with Crippen molar-refractivity contribution in [3.63, 3.8) is 0 Å². The van der Waals surface area contributed by atoms with Crippen molar-refractivity contribution in [1.82, 2.24) is 0 Å².